The Bertz CT molecular complexity index is 1020. The van der Waals surface area contributed by atoms with Crippen molar-refractivity contribution in [2.45, 2.75) is 53.0 Å². The van der Waals surface area contributed by atoms with Crippen molar-refractivity contribution < 1.29 is 4.79 Å². The van der Waals surface area contributed by atoms with Crippen LogP contribution in [0.3, 0.4) is 0 Å². The maximum absolute atomic E-state index is 13.2. The van der Waals surface area contributed by atoms with Gasteiger partial charge in [0, 0.05) is 38.3 Å². The van der Waals surface area contributed by atoms with Crippen molar-refractivity contribution in [2.75, 3.05) is 32.7 Å². The second-order valence-corrected chi connectivity index (χ2v) is 8.87. The maximum Gasteiger partial charge on any atom is 0.243 e. The van der Waals surface area contributed by atoms with Gasteiger partial charge in [-0.3, -0.25) is 9.80 Å². The lowest BCUT2D eigenvalue weighted by molar-refractivity contribution is -0.134. The molecular formula is C28H37N5O. The van der Waals surface area contributed by atoms with Gasteiger partial charge in [0.05, 0.1) is 23.4 Å². The highest BCUT2D eigenvalue weighted by Crippen LogP contribution is 2.23. The molecule has 0 bridgehead atoms. The van der Waals surface area contributed by atoms with E-state index < -0.39 is 0 Å². The number of amides is 1. The number of hydrazone groups is 1. The number of rotatable bonds is 8. The van der Waals surface area contributed by atoms with Crippen LogP contribution in [-0.4, -0.2) is 65.2 Å². The standard InChI is InChI=1S/C28H37N5O/c1-5-8-9-13-27(22(4)6-2)31-14-16-32(17-15-31)28(34)21-33-25(7-3)19-26(30-33)24-12-10-11-23(18-24)20-29/h5,8-13,18,25H,6-7,14-17,19,21H2,1-4H3/b8-5-,13-9-,27-22?. The van der Waals surface area contributed by atoms with Gasteiger partial charge >= 0.3 is 0 Å². The largest absolute Gasteiger partial charge is 0.368 e. The first-order chi connectivity index (χ1) is 16.5. The summed E-state index contributed by atoms with van der Waals surface area (Å²) in [5.41, 5.74) is 5.20. The average molecular weight is 460 g/mol. The Kier molecular flexibility index (Phi) is 9.09. The first-order valence-corrected chi connectivity index (χ1v) is 12.4. The highest BCUT2D eigenvalue weighted by molar-refractivity contribution is 6.02. The summed E-state index contributed by atoms with van der Waals surface area (Å²) in [5.74, 6) is 0.135. The van der Waals surface area contributed by atoms with E-state index in [1.54, 1.807) is 6.07 Å². The first kappa shape index (κ1) is 25.3. The molecule has 1 unspecified atom stereocenters. The van der Waals surface area contributed by atoms with E-state index in [0.717, 1.165) is 56.7 Å². The maximum atomic E-state index is 13.2. The van der Waals surface area contributed by atoms with E-state index in [1.807, 2.05) is 47.2 Å². The summed E-state index contributed by atoms with van der Waals surface area (Å²) < 4.78 is 0. The van der Waals surface area contributed by atoms with E-state index in [-0.39, 0.29) is 11.9 Å². The number of nitrogens with zero attached hydrogens (tertiary/aromatic N) is 5. The third-order valence-corrected chi connectivity index (χ3v) is 6.69. The molecule has 0 aliphatic carbocycles. The molecule has 1 saturated heterocycles. The minimum absolute atomic E-state index is 0.135. The van der Waals surface area contributed by atoms with Crippen molar-refractivity contribution in [1.82, 2.24) is 14.8 Å². The number of hydrogen-bond donors (Lipinski definition) is 0. The second-order valence-electron chi connectivity index (χ2n) is 8.87. The van der Waals surface area contributed by atoms with Crippen molar-refractivity contribution in [1.29, 1.82) is 5.26 Å². The van der Waals surface area contributed by atoms with Crippen LogP contribution in [0.5, 0.6) is 0 Å². The molecule has 0 aromatic heterocycles. The summed E-state index contributed by atoms with van der Waals surface area (Å²) in [6.07, 6.45) is 11.1. The third kappa shape index (κ3) is 6.17. The Labute approximate surface area is 204 Å². The van der Waals surface area contributed by atoms with Crippen LogP contribution in [0, 0.1) is 11.3 Å². The molecule has 1 fully saturated rings. The molecule has 2 heterocycles. The van der Waals surface area contributed by atoms with E-state index in [0.29, 0.717) is 12.1 Å². The summed E-state index contributed by atoms with van der Waals surface area (Å²) in [7, 11) is 0. The van der Waals surface area contributed by atoms with Crippen molar-refractivity contribution >= 4 is 11.6 Å². The number of carbonyl (C=O) groups excluding carboxylic acids is 1. The number of nitriles is 1. The Morgan fingerprint density at radius 2 is 1.91 bits per heavy atom. The van der Waals surface area contributed by atoms with E-state index in [1.165, 1.54) is 11.3 Å². The van der Waals surface area contributed by atoms with Crippen LogP contribution in [0.2, 0.25) is 0 Å². The van der Waals surface area contributed by atoms with Gasteiger partial charge in [-0.2, -0.15) is 10.4 Å². The molecule has 0 spiro atoms. The van der Waals surface area contributed by atoms with Crippen molar-refractivity contribution in [3.05, 3.63) is 71.0 Å². The van der Waals surface area contributed by atoms with Crippen molar-refractivity contribution in [3.8, 4) is 6.07 Å². The minimum atomic E-state index is 0.135. The van der Waals surface area contributed by atoms with E-state index >= 15 is 0 Å². The Morgan fingerprint density at radius 3 is 2.56 bits per heavy atom. The van der Waals surface area contributed by atoms with Gasteiger partial charge < -0.3 is 9.80 Å². The summed E-state index contributed by atoms with van der Waals surface area (Å²) in [6.45, 7) is 12.0. The van der Waals surface area contributed by atoms with E-state index in [4.69, 9.17) is 5.10 Å². The van der Waals surface area contributed by atoms with Crippen molar-refractivity contribution in [2.24, 2.45) is 5.10 Å². The second kappa shape index (κ2) is 12.2. The minimum Gasteiger partial charge on any atom is -0.368 e. The first-order valence-electron chi connectivity index (χ1n) is 12.4. The molecule has 0 N–H and O–H groups in total. The zero-order chi connectivity index (χ0) is 24.5. The van der Waals surface area contributed by atoms with Gasteiger partial charge in [-0.1, -0.05) is 49.8 Å². The monoisotopic (exact) mass is 459 g/mol. The zero-order valence-corrected chi connectivity index (χ0v) is 21.0. The Hall–Kier alpha value is -3.33. The molecule has 34 heavy (non-hydrogen) atoms. The molecule has 6 heteroatoms. The highest BCUT2D eigenvalue weighted by Gasteiger charge is 2.30. The molecule has 0 saturated carbocycles. The number of benzene rings is 1. The fourth-order valence-corrected chi connectivity index (χ4v) is 4.46. The predicted molar refractivity (Wildman–Crippen MR) is 138 cm³/mol. The summed E-state index contributed by atoms with van der Waals surface area (Å²) >= 11 is 0. The molecular weight excluding hydrogens is 422 g/mol. The molecule has 2 aliphatic rings. The number of piperazine rings is 1. The van der Waals surface area contributed by atoms with E-state index in [9.17, 15) is 10.1 Å². The Balaban J connectivity index is 1.63. The smallest absolute Gasteiger partial charge is 0.243 e. The lowest BCUT2D eigenvalue weighted by Gasteiger charge is -2.38. The van der Waals surface area contributed by atoms with Gasteiger partial charge in [0.2, 0.25) is 5.91 Å². The van der Waals surface area contributed by atoms with Gasteiger partial charge in [-0.05, 0) is 50.5 Å². The topological polar surface area (TPSA) is 62.9 Å². The zero-order valence-electron chi connectivity index (χ0n) is 21.0. The van der Waals surface area contributed by atoms with Gasteiger partial charge in [0.1, 0.15) is 6.54 Å². The molecule has 1 atom stereocenters. The van der Waals surface area contributed by atoms with Gasteiger partial charge in [0.15, 0.2) is 0 Å². The van der Waals surface area contributed by atoms with Crippen LogP contribution in [0.25, 0.3) is 0 Å². The summed E-state index contributed by atoms with van der Waals surface area (Å²) in [6, 6.07) is 9.97. The average Bonchev–Trinajstić information content (AvgIpc) is 3.29. The van der Waals surface area contributed by atoms with Gasteiger partial charge in [0.25, 0.3) is 0 Å². The molecule has 1 aromatic rings. The van der Waals surface area contributed by atoms with E-state index in [2.05, 4.69) is 43.9 Å². The normalized spacial score (nSPS) is 19.6. The van der Waals surface area contributed by atoms with Crippen LogP contribution in [-0.2, 0) is 4.79 Å². The molecule has 2 aliphatic heterocycles. The fraction of sp³-hybridized carbons (Fsp3) is 0.464. The van der Waals surface area contributed by atoms with Gasteiger partial charge in [-0.15, -0.1) is 0 Å². The van der Waals surface area contributed by atoms with Crippen LogP contribution < -0.4 is 0 Å². The van der Waals surface area contributed by atoms with Crippen LogP contribution in [0.15, 0.2) is 64.9 Å². The number of carbonyl (C=O) groups is 1. The summed E-state index contributed by atoms with van der Waals surface area (Å²) in [5, 5.41) is 16.0. The van der Waals surface area contributed by atoms with Crippen molar-refractivity contribution in [3.63, 3.8) is 0 Å². The molecule has 1 amide bonds. The number of hydrogen-bond acceptors (Lipinski definition) is 5. The molecule has 0 radical (unpaired) electrons. The molecule has 6 nitrogen and oxygen atoms in total. The van der Waals surface area contributed by atoms with Gasteiger partial charge in [-0.25, -0.2) is 0 Å². The fourth-order valence-electron chi connectivity index (χ4n) is 4.46. The third-order valence-electron chi connectivity index (χ3n) is 6.69. The lowest BCUT2D eigenvalue weighted by Crippen LogP contribution is -2.50. The van der Waals surface area contributed by atoms with Crippen LogP contribution in [0.4, 0.5) is 0 Å². The van der Waals surface area contributed by atoms with Crippen LogP contribution in [0.1, 0.15) is 58.1 Å². The van der Waals surface area contributed by atoms with Crippen LogP contribution >= 0.6 is 0 Å². The molecule has 180 valence electrons. The summed E-state index contributed by atoms with van der Waals surface area (Å²) in [4.78, 5) is 17.5. The Morgan fingerprint density at radius 1 is 1.18 bits per heavy atom. The highest BCUT2D eigenvalue weighted by atomic mass is 16.2. The lowest BCUT2D eigenvalue weighted by atomic mass is 10.0. The number of allylic oxidation sites excluding steroid dienone is 5. The quantitative estimate of drug-likeness (QED) is 0.528. The predicted octanol–water partition coefficient (Wildman–Crippen LogP) is 4.71. The molecule has 1 aromatic carbocycles. The SMILES string of the molecule is C/C=C\C=C/C(=C(C)CC)N1CCN(C(=O)CN2N=C(c3cccc(C#N)c3)CC2CC)CC1. The molecule has 3 rings (SSSR count).